The van der Waals surface area contributed by atoms with Crippen molar-refractivity contribution < 1.29 is 4.74 Å². The number of unbranched alkanes of at least 4 members (excludes halogenated alkanes) is 21. The molecule has 3 heteroatoms. The summed E-state index contributed by atoms with van der Waals surface area (Å²) >= 11 is 0. The highest BCUT2D eigenvalue weighted by molar-refractivity contribution is 4.82. The molecule has 0 radical (unpaired) electrons. The minimum Gasteiger partial charge on any atom is -0.498 e. The Labute approximate surface area is 329 Å². The zero-order valence-electron chi connectivity index (χ0n) is 36.8. The Morgan fingerprint density at radius 3 is 1.35 bits per heavy atom. The molecule has 3 atom stereocenters. The van der Waals surface area contributed by atoms with Gasteiger partial charge in [-0.3, -0.25) is 0 Å². The van der Waals surface area contributed by atoms with Gasteiger partial charge in [-0.15, -0.1) is 0 Å². The molecule has 3 unspecified atom stereocenters. The van der Waals surface area contributed by atoms with Crippen molar-refractivity contribution in [2.45, 2.75) is 265 Å². The van der Waals surface area contributed by atoms with E-state index < -0.39 is 0 Å². The highest BCUT2D eigenvalue weighted by Gasteiger charge is 2.23. The van der Waals surface area contributed by atoms with E-state index in [4.69, 9.17) is 4.74 Å². The van der Waals surface area contributed by atoms with Gasteiger partial charge in [0.05, 0.1) is 12.4 Å². The van der Waals surface area contributed by atoms with Gasteiger partial charge in [0.1, 0.15) is 0 Å². The van der Waals surface area contributed by atoms with Crippen LogP contribution in [-0.2, 0) is 4.74 Å². The van der Waals surface area contributed by atoms with Crippen LogP contribution in [0.2, 0.25) is 0 Å². The average Bonchev–Trinajstić information content (AvgIpc) is 3.70. The van der Waals surface area contributed by atoms with E-state index in [1.54, 1.807) is 0 Å². The first-order valence-corrected chi connectivity index (χ1v) is 24.3. The zero-order valence-corrected chi connectivity index (χ0v) is 36.8. The number of rotatable bonds is 41. The molecule has 0 aromatic carbocycles. The van der Waals surface area contributed by atoms with Crippen LogP contribution in [0, 0.1) is 11.8 Å². The average molecular weight is 731 g/mol. The third-order valence-corrected chi connectivity index (χ3v) is 12.7. The minimum atomic E-state index is 0.727. The molecular weight excluding hydrogens is 633 g/mol. The second-order valence-corrected chi connectivity index (χ2v) is 17.5. The van der Waals surface area contributed by atoms with Crippen molar-refractivity contribution >= 4 is 0 Å². The number of hydrazine groups is 1. The number of ether oxygens (including phenoxy) is 1. The monoisotopic (exact) mass is 731 g/mol. The van der Waals surface area contributed by atoms with Crippen LogP contribution in [0.1, 0.15) is 259 Å². The molecule has 1 saturated heterocycles. The molecule has 310 valence electrons. The van der Waals surface area contributed by atoms with Crippen LogP contribution in [0.3, 0.4) is 0 Å². The second kappa shape index (κ2) is 37.4. The van der Waals surface area contributed by atoms with Crippen LogP contribution < -0.4 is 0 Å². The Kier molecular flexibility index (Phi) is 35.6. The molecule has 1 heterocycles. The Morgan fingerprint density at radius 2 is 0.885 bits per heavy atom. The number of allylic oxidation sites excluding steroid dienone is 1. The van der Waals surface area contributed by atoms with Crippen molar-refractivity contribution in [3.8, 4) is 0 Å². The van der Waals surface area contributed by atoms with Crippen molar-refractivity contribution in [3.63, 3.8) is 0 Å². The van der Waals surface area contributed by atoms with Crippen LogP contribution in [0.15, 0.2) is 12.3 Å². The van der Waals surface area contributed by atoms with Gasteiger partial charge in [-0.05, 0) is 56.8 Å². The quantitative estimate of drug-likeness (QED) is 0.0460. The van der Waals surface area contributed by atoms with Gasteiger partial charge in [-0.25, -0.2) is 10.0 Å². The van der Waals surface area contributed by atoms with Crippen LogP contribution in [0.25, 0.3) is 0 Å². The summed E-state index contributed by atoms with van der Waals surface area (Å²) in [5.41, 5.74) is 0. The third-order valence-electron chi connectivity index (χ3n) is 12.7. The fourth-order valence-corrected chi connectivity index (χ4v) is 8.79. The number of nitrogens with zero attached hydrogens (tertiary/aromatic N) is 2. The first kappa shape index (κ1) is 49.5. The number of hydrogen-bond acceptors (Lipinski definition) is 3. The van der Waals surface area contributed by atoms with E-state index in [1.165, 1.54) is 238 Å². The molecule has 52 heavy (non-hydrogen) atoms. The van der Waals surface area contributed by atoms with E-state index in [0.717, 1.165) is 36.7 Å². The lowest BCUT2D eigenvalue weighted by Crippen LogP contribution is -2.44. The van der Waals surface area contributed by atoms with Gasteiger partial charge in [0.15, 0.2) is 0 Å². The fraction of sp³-hybridized carbons (Fsp3) is 0.959. The van der Waals surface area contributed by atoms with Crippen molar-refractivity contribution in [2.24, 2.45) is 11.8 Å². The summed E-state index contributed by atoms with van der Waals surface area (Å²) < 4.78 is 6.19. The lowest BCUT2D eigenvalue weighted by atomic mass is 9.92. The normalized spacial score (nSPS) is 15.4. The van der Waals surface area contributed by atoms with Gasteiger partial charge in [-0.2, -0.15) is 0 Å². The molecule has 0 bridgehead atoms. The zero-order chi connectivity index (χ0) is 37.7. The van der Waals surface area contributed by atoms with Gasteiger partial charge in [0, 0.05) is 32.6 Å². The fourth-order valence-electron chi connectivity index (χ4n) is 8.79. The van der Waals surface area contributed by atoms with Gasteiger partial charge in [0.2, 0.25) is 0 Å². The molecule has 1 rings (SSSR count). The summed E-state index contributed by atoms with van der Waals surface area (Å²) in [6.07, 6.45) is 50.1. The Bertz CT molecular complexity index is 733. The molecule has 0 aromatic heterocycles. The first-order chi connectivity index (χ1) is 25.5. The molecule has 0 spiro atoms. The molecule has 0 aliphatic carbocycles. The van der Waals surface area contributed by atoms with Crippen LogP contribution in [0.4, 0.5) is 0 Å². The van der Waals surface area contributed by atoms with Crippen molar-refractivity contribution in [3.05, 3.63) is 12.3 Å². The summed E-state index contributed by atoms with van der Waals surface area (Å²) in [5, 5.41) is 5.33. The predicted octanol–water partition coefficient (Wildman–Crippen LogP) is 16.4. The lowest BCUT2D eigenvalue weighted by Gasteiger charge is -2.35. The lowest BCUT2D eigenvalue weighted by molar-refractivity contribution is -0.0242. The predicted molar refractivity (Wildman–Crippen MR) is 234 cm³/mol. The van der Waals surface area contributed by atoms with Gasteiger partial charge in [-0.1, -0.05) is 214 Å². The maximum Gasteiger partial charge on any atom is 0.0905 e. The highest BCUT2D eigenvalue weighted by Crippen LogP contribution is 2.24. The SMILES string of the molecule is C=C(CCCCCCCCC(CCCCCCCCCCCCC(CC)CCCCCC)N(C)N1CCCC1)OCC(CCCC)CCCCCC. The van der Waals surface area contributed by atoms with Crippen molar-refractivity contribution in [1.82, 2.24) is 10.0 Å². The van der Waals surface area contributed by atoms with Gasteiger partial charge >= 0.3 is 0 Å². The van der Waals surface area contributed by atoms with Gasteiger partial charge in [0.25, 0.3) is 0 Å². The first-order valence-electron chi connectivity index (χ1n) is 24.3. The molecule has 1 aliphatic heterocycles. The maximum absolute atomic E-state index is 6.19. The Hall–Kier alpha value is -0.540. The van der Waals surface area contributed by atoms with E-state index in [-0.39, 0.29) is 0 Å². The van der Waals surface area contributed by atoms with Crippen LogP contribution >= 0.6 is 0 Å². The van der Waals surface area contributed by atoms with E-state index in [1.807, 2.05) is 0 Å². The summed E-state index contributed by atoms with van der Waals surface area (Å²) in [6.45, 7) is 17.1. The van der Waals surface area contributed by atoms with E-state index in [0.29, 0.717) is 0 Å². The molecule has 0 saturated carbocycles. The minimum absolute atomic E-state index is 0.727. The highest BCUT2D eigenvalue weighted by atomic mass is 16.5. The van der Waals surface area contributed by atoms with Crippen LogP contribution in [-0.4, -0.2) is 42.8 Å². The summed E-state index contributed by atoms with van der Waals surface area (Å²) in [4.78, 5) is 0. The molecular formula is C49H98N2O. The Balaban J connectivity index is 2.12. The Morgan fingerprint density at radius 1 is 0.500 bits per heavy atom. The standard InChI is InChI=1S/C49H98N2O/c1-7-11-14-29-38-47(10-4)39-31-25-20-18-16-17-19-21-26-32-41-49(50(6)51-43-34-35-44-51)42-33-27-23-22-24-28-36-46(5)52-45-48(37-13-9-3)40-30-15-12-8-2/h47-49H,5,7-45H2,1-4,6H3. The second-order valence-electron chi connectivity index (χ2n) is 17.5. The van der Waals surface area contributed by atoms with Crippen molar-refractivity contribution in [2.75, 3.05) is 26.7 Å². The maximum atomic E-state index is 6.19. The molecule has 1 aliphatic rings. The molecule has 0 N–H and O–H groups in total. The van der Waals surface area contributed by atoms with E-state index in [2.05, 4.69) is 51.3 Å². The molecule has 1 fully saturated rings. The molecule has 0 aromatic rings. The van der Waals surface area contributed by atoms with Gasteiger partial charge < -0.3 is 4.74 Å². The summed E-state index contributed by atoms with van der Waals surface area (Å²) in [7, 11) is 2.40. The van der Waals surface area contributed by atoms with E-state index in [9.17, 15) is 0 Å². The third kappa shape index (κ3) is 28.8. The molecule has 0 amide bonds. The largest absolute Gasteiger partial charge is 0.498 e. The van der Waals surface area contributed by atoms with Crippen molar-refractivity contribution in [1.29, 1.82) is 0 Å². The number of hydrogen-bond donors (Lipinski definition) is 0. The smallest absolute Gasteiger partial charge is 0.0905 e. The summed E-state index contributed by atoms with van der Waals surface area (Å²) in [5.74, 6) is 2.77. The van der Waals surface area contributed by atoms with Crippen LogP contribution in [0.5, 0.6) is 0 Å². The molecule has 3 nitrogen and oxygen atoms in total. The van der Waals surface area contributed by atoms with E-state index >= 15 is 0 Å². The summed E-state index contributed by atoms with van der Waals surface area (Å²) in [6, 6.07) is 0.745. The topological polar surface area (TPSA) is 15.7 Å².